The molecule has 0 aliphatic heterocycles. The summed E-state index contributed by atoms with van der Waals surface area (Å²) in [7, 11) is 0. The fourth-order valence-corrected chi connectivity index (χ4v) is 1.32. The molecule has 0 aromatic heterocycles. The SMILES string of the molecule is CC(=O)C(N)c1ccc(C(C)C)cc1. The van der Waals surface area contributed by atoms with Crippen LogP contribution in [0.15, 0.2) is 24.3 Å². The standard InChI is InChI=1S/C12H17NO/c1-8(2)10-4-6-11(7-5-10)12(13)9(3)14/h4-8,12H,13H2,1-3H3. The number of hydrogen-bond donors (Lipinski definition) is 1. The largest absolute Gasteiger partial charge is 0.318 e. The van der Waals surface area contributed by atoms with Gasteiger partial charge in [0.15, 0.2) is 5.78 Å². The van der Waals surface area contributed by atoms with Gasteiger partial charge in [-0.3, -0.25) is 4.79 Å². The van der Waals surface area contributed by atoms with Crippen molar-refractivity contribution in [1.29, 1.82) is 0 Å². The van der Waals surface area contributed by atoms with Crippen LogP contribution < -0.4 is 5.73 Å². The zero-order valence-electron chi connectivity index (χ0n) is 8.95. The predicted octanol–water partition coefficient (Wildman–Crippen LogP) is 2.40. The van der Waals surface area contributed by atoms with Crippen LogP contribution in [-0.4, -0.2) is 5.78 Å². The molecule has 0 amide bonds. The molecule has 1 atom stereocenters. The molecule has 1 aromatic carbocycles. The second-order valence-electron chi connectivity index (χ2n) is 3.91. The summed E-state index contributed by atoms with van der Waals surface area (Å²) in [5, 5.41) is 0. The van der Waals surface area contributed by atoms with Gasteiger partial charge in [-0.25, -0.2) is 0 Å². The van der Waals surface area contributed by atoms with E-state index in [4.69, 9.17) is 5.73 Å². The van der Waals surface area contributed by atoms with Gasteiger partial charge in [0, 0.05) is 0 Å². The number of ketones is 1. The highest BCUT2D eigenvalue weighted by molar-refractivity contribution is 5.82. The first kappa shape index (κ1) is 10.9. The Morgan fingerprint density at radius 3 is 1.93 bits per heavy atom. The van der Waals surface area contributed by atoms with Gasteiger partial charge in [-0.05, 0) is 24.0 Å². The first-order chi connectivity index (χ1) is 6.52. The van der Waals surface area contributed by atoms with E-state index in [1.165, 1.54) is 12.5 Å². The van der Waals surface area contributed by atoms with Crippen LogP contribution >= 0.6 is 0 Å². The molecule has 0 fully saturated rings. The molecule has 2 N–H and O–H groups in total. The van der Waals surface area contributed by atoms with Crippen molar-refractivity contribution < 1.29 is 4.79 Å². The number of hydrogen-bond acceptors (Lipinski definition) is 2. The van der Waals surface area contributed by atoms with E-state index in [0.717, 1.165) is 5.56 Å². The van der Waals surface area contributed by atoms with Crippen molar-refractivity contribution in [2.75, 3.05) is 0 Å². The fraction of sp³-hybridized carbons (Fsp3) is 0.417. The van der Waals surface area contributed by atoms with Crippen molar-refractivity contribution in [3.63, 3.8) is 0 Å². The second-order valence-corrected chi connectivity index (χ2v) is 3.91. The zero-order chi connectivity index (χ0) is 10.7. The Balaban J connectivity index is 2.88. The highest BCUT2D eigenvalue weighted by Gasteiger charge is 2.10. The second kappa shape index (κ2) is 4.38. The number of benzene rings is 1. The van der Waals surface area contributed by atoms with Crippen molar-refractivity contribution in [2.45, 2.75) is 32.7 Å². The lowest BCUT2D eigenvalue weighted by Crippen LogP contribution is -2.18. The molecule has 76 valence electrons. The molecule has 0 saturated heterocycles. The van der Waals surface area contributed by atoms with Crippen LogP contribution in [0, 0.1) is 0 Å². The number of Topliss-reactive ketones (excluding diaryl/α,β-unsaturated/α-hetero) is 1. The van der Waals surface area contributed by atoms with E-state index in [-0.39, 0.29) is 5.78 Å². The van der Waals surface area contributed by atoms with E-state index in [0.29, 0.717) is 5.92 Å². The number of carbonyl (C=O) groups is 1. The summed E-state index contributed by atoms with van der Waals surface area (Å²) in [5.41, 5.74) is 7.87. The van der Waals surface area contributed by atoms with Crippen molar-refractivity contribution >= 4 is 5.78 Å². The molecule has 2 nitrogen and oxygen atoms in total. The first-order valence-electron chi connectivity index (χ1n) is 4.88. The Kier molecular flexibility index (Phi) is 3.42. The summed E-state index contributed by atoms with van der Waals surface area (Å²) in [6.45, 7) is 5.79. The van der Waals surface area contributed by atoms with Gasteiger partial charge in [-0.2, -0.15) is 0 Å². The summed E-state index contributed by atoms with van der Waals surface area (Å²) in [4.78, 5) is 11.0. The van der Waals surface area contributed by atoms with Gasteiger partial charge in [0.05, 0.1) is 6.04 Å². The summed E-state index contributed by atoms with van der Waals surface area (Å²) in [6.07, 6.45) is 0. The van der Waals surface area contributed by atoms with E-state index in [1.54, 1.807) is 0 Å². The van der Waals surface area contributed by atoms with Gasteiger partial charge >= 0.3 is 0 Å². The summed E-state index contributed by atoms with van der Waals surface area (Å²) < 4.78 is 0. The lowest BCUT2D eigenvalue weighted by Gasteiger charge is -2.10. The minimum Gasteiger partial charge on any atom is -0.318 e. The molecule has 0 heterocycles. The van der Waals surface area contributed by atoms with Crippen LogP contribution in [0.5, 0.6) is 0 Å². The third-order valence-corrected chi connectivity index (χ3v) is 2.40. The van der Waals surface area contributed by atoms with Crippen LogP contribution in [-0.2, 0) is 4.79 Å². The molecular formula is C12H17NO. The van der Waals surface area contributed by atoms with Crippen LogP contribution in [0.3, 0.4) is 0 Å². The van der Waals surface area contributed by atoms with Gasteiger partial charge in [0.25, 0.3) is 0 Å². The van der Waals surface area contributed by atoms with Gasteiger partial charge in [-0.1, -0.05) is 38.1 Å². The zero-order valence-corrected chi connectivity index (χ0v) is 8.95. The lowest BCUT2D eigenvalue weighted by molar-refractivity contribution is -0.118. The van der Waals surface area contributed by atoms with Gasteiger partial charge < -0.3 is 5.73 Å². The third kappa shape index (κ3) is 2.42. The molecule has 0 aliphatic rings. The lowest BCUT2D eigenvalue weighted by atomic mass is 9.98. The average molecular weight is 191 g/mol. The minimum absolute atomic E-state index is 0.00213. The van der Waals surface area contributed by atoms with Crippen LogP contribution in [0.25, 0.3) is 0 Å². The van der Waals surface area contributed by atoms with Crippen LogP contribution in [0.1, 0.15) is 43.9 Å². The summed E-state index contributed by atoms with van der Waals surface area (Å²) in [6, 6.07) is 7.45. The Labute approximate surface area is 85.1 Å². The van der Waals surface area contributed by atoms with Gasteiger partial charge in [-0.15, -0.1) is 0 Å². The summed E-state index contributed by atoms with van der Waals surface area (Å²) in [5.74, 6) is 0.514. The van der Waals surface area contributed by atoms with Crippen LogP contribution in [0.4, 0.5) is 0 Å². The Bertz CT molecular complexity index is 314. The van der Waals surface area contributed by atoms with Crippen molar-refractivity contribution in [2.24, 2.45) is 5.73 Å². The monoisotopic (exact) mass is 191 g/mol. The van der Waals surface area contributed by atoms with E-state index < -0.39 is 6.04 Å². The summed E-state index contributed by atoms with van der Waals surface area (Å²) >= 11 is 0. The first-order valence-corrected chi connectivity index (χ1v) is 4.88. The van der Waals surface area contributed by atoms with Crippen LogP contribution in [0.2, 0.25) is 0 Å². The van der Waals surface area contributed by atoms with Gasteiger partial charge in [0.1, 0.15) is 0 Å². The highest BCUT2D eigenvalue weighted by atomic mass is 16.1. The van der Waals surface area contributed by atoms with E-state index in [9.17, 15) is 4.79 Å². The molecule has 1 unspecified atom stereocenters. The number of carbonyl (C=O) groups excluding carboxylic acids is 1. The minimum atomic E-state index is -0.476. The quantitative estimate of drug-likeness (QED) is 0.797. The molecule has 2 heteroatoms. The Morgan fingerprint density at radius 1 is 1.14 bits per heavy atom. The van der Waals surface area contributed by atoms with Crippen molar-refractivity contribution in [1.82, 2.24) is 0 Å². The molecule has 0 bridgehead atoms. The molecule has 14 heavy (non-hydrogen) atoms. The molecule has 0 spiro atoms. The Morgan fingerprint density at radius 2 is 1.57 bits per heavy atom. The predicted molar refractivity (Wildman–Crippen MR) is 58.1 cm³/mol. The maximum absolute atomic E-state index is 11.0. The number of rotatable bonds is 3. The van der Waals surface area contributed by atoms with E-state index in [1.807, 2.05) is 24.3 Å². The Hall–Kier alpha value is -1.15. The van der Waals surface area contributed by atoms with E-state index in [2.05, 4.69) is 13.8 Å². The highest BCUT2D eigenvalue weighted by Crippen LogP contribution is 2.17. The number of nitrogens with two attached hydrogens (primary N) is 1. The molecule has 0 saturated carbocycles. The maximum atomic E-state index is 11.0. The third-order valence-electron chi connectivity index (χ3n) is 2.40. The fourth-order valence-electron chi connectivity index (χ4n) is 1.32. The molecule has 1 rings (SSSR count). The maximum Gasteiger partial charge on any atom is 0.150 e. The molecular weight excluding hydrogens is 174 g/mol. The molecule has 0 aliphatic carbocycles. The molecule has 0 radical (unpaired) electrons. The van der Waals surface area contributed by atoms with E-state index >= 15 is 0 Å². The smallest absolute Gasteiger partial charge is 0.150 e. The topological polar surface area (TPSA) is 43.1 Å². The normalized spacial score (nSPS) is 12.9. The molecule has 1 aromatic rings. The van der Waals surface area contributed by atoms with Crippen molar-refractivity contribution in [3.8, 4) is 0 Å². The van der Waals surface area contributed by atoms with Gasteiger partial charge in [0.2, 0.25) is 0 Å². The van der Waals surface area contributed by atoms with Crippen molar-refractivity contribution in [3.05, 3.63) is 35.4 Å². The average Bonchev–Trinajstić information content (AvgIpc) is 2.16.